The lowest BCUT2D eigenvalue weighted by atomic mass is 9.98. The summed E-state index contributed by atoms with van der Waals surface area (Å²) in [6.45, 7) is 0. The number of hydrogen-bond acceptors (Lipinski definition) is 3. The lowest BCUT2D eigenvalue weighted by Gasteiger charge is -2.07. The van der Waals surface area contributed by atoms with Crippen LogP contribution in [0.1, 0.15) is 0 Å². The number of benzene rings is 1. The number of pyridine rings is 1. The average molecular weight is 249 g/mol. The van der Waals surface area contributed by atoms with E-state index in [9.17, 15) is 4.79 Å². The summed E-state index contributed by atoms with van der Waals surface area (Å²) in [6, 6.07) is 15.2. The van der Waals surface area contributed by atoms with Crippen LogP contribution in [-0.2, 0) is 0 Å². The van der Waals surface area contributed by atoms with Crippen LogP contribution in [0.15, 0.2) is 76.4 Å². The first-order valence-electron chi connectivity index (χ1n) is 5.94. The van der Waals surface area contributed by atoms with Gasteiger partial charge in [-0.05, 0) is 23.3 Å². The third kappa shape index (κ3) is 2.18. The Morgan fingerprint density at radius 3 is 2.42 bits per heavy atom. The molecule has 0 aliphatic rings. The van der Waals surface area contributed by atoms with E-state index in [0.29, 0.717) is 5.56 Å². The summed E-state index contributed by atoms with van der Waals surface area (Å²) in [7, 11) is 0. The second-order valence-electron chi connectivity index (χ2n) is 4.10. The van der Waals surface area contributed by atoms with Crippen LogP contribution >= 0.6 is 0 Å². The van der Waals surface area contributed by atoms with Gasteiger partial charge < -0.3 is 4.42 Å². The Hall–Kier alpha value is -2.68. The second kappa shape index (κ2) is 4.90. The van der Waals surface area contributed by atoms with Crippen LogP contribution in [0, 0.1) is 0 Å². The van der Waals surface area contributed by atoms with Crippen LogP contribution in [0.2, 0.25) is 0 Å². The number of rotatable bonds is 2. The fourth-order valence-electron chi connectivity index (χ4n) is 2.06. The highest BCUT2D eigenvalue weighted by molar-refractivity contribution is 5.81. The quantitative estimate of drug-likeness (QED) is 0.699. The van der Waals surface area contributed by atoms with Crippen LogP contribution in [0.25, 0.3) is 22.3 Å². The second-order valence-corrected chi connectivity index (χ2v) is 4.10. The first-order valence-corrected chi connectivity index (χ1v) is 5.94. The van der Waals surface area contributed by atoms with Gasteiger partial charge in [0.15, 0.2) is 0 Å². The third-order valence-corrected chi connectivity index (χ3v) is 2.92. The summed E-state index contributed by atoms with van der Waals surface area (Å²) in [4.78, 5) is 16.1. The maximum absolute atomic E-state index is 12.0. The van der Waals surface area contributed by atoms with E-state index in [-0.39, 0.29) is 5.63 Å². The average Bonchev–Trinajstić information content (AvgIpc) is 2.49. The summed E-state index contributed by atoms with van der Waals surface area (Å²) in [5.74, 6) is 0. The molecule has 3 nitrogen and oxygen atoms in total. The van der Waals surface area contributed by atoms with Crippen LogP contribution in [0.5, 0.6) is 0 Å². The molecule has 0 saturated heterocycles. The Labute approximate surface area is 110 Å². The zero-order chi connectivity index (χ0) is 13.1. The van der Waals surface area contributed by atoms with Gasteiger partial charge in [-0.15, -0.1) is 0 Å². The Kier molecular flexibility index (Phi) is 2.94. The topological polar surface area (TPSA) is 43.1 Å². The van der Waals surface area contributed by atoms with Crippen molar-refractivity contribution in [2.75, 3.05) is 0 Å². The maximum atomic E-state index is 12.0. The molecule has 0 unspecified atom stereocenters. The van der Waals surface area contributed by atoms with E-state index >= 15 is 0 Å². The normalized spacial score (nSPS) is 10.3. The molecule has 0 amide bonds. The van der Waals surface area contributed by atoms with E-state index in [1.165, 1.54) is 6.26 Å². The predicted octanol–water partition coefficient (Wildman–Crippen LogP) is 3.37. The molecule has 2 aromatic heterocycles. The van der Waals surface area contributed by atoms with Crippen molar-refractivity contribution in [1.82, 2.24) is 4.98 Å². The van der Waals surface area contributed by atoms with Crippen molar-refractivity contribution in [2.45, 2.75) is 0 Å². The van der Waals surface area contributed by atoms with E-state index < -0.39 is 0 Å². The lowest BCUT2D eigenvalue weighted by molar-refractivity contribution is 0.514. The van der Waals surface area contributed by atoms with E-state index in [2.05, 4.69) is 4.98 Å². The molecule has 0 spiro atoms. The highest BCUT2D eigenvalue weighted by atomic mass is 16.4. The zero-order valence-corrected chi connectivity index (χ0v) is 10.1. The van der Waals surface area contributed by atoms with Crippen molar-refractivity contribution in [3.05, 3.63) is 77.6 Å². The molecular weight excluding hydrogens is 238 g/mol. The van der Waals surface area contributed by atoms with Gasteiger partial charge in [0.25, 0.3) is 0 Å². The van der Waals surface area contributed by atoms with E-state index in [0.717, 1.165) is 16.7 Å². The van der Waals surface area contributed by atoms with Crippen molar-refractivity contribution >= 4 is 0 Å². The van der Waals surface area contributed by atoms with E-state index in [1.807, 2.05) is 36.4 Å². The van der Waals surface area contributed by atoms with Crippen molar-refractivity contribution in [2.24, 2.45) is 0 Å². The molecular formula is C16H11NO2. The first kappa shape index (κ1) is 11.4. The molecule has 19 heavy (non-hydrogen) atoms. The monoisotopic (exact) mass is 249 g/mol. The molecule has 92 valence electrons. The molecule has 3 rings (SSSR count). The van der Waals surface area contributed by atoms with Gasteiger partial charge in [-0.3, -0.25) is 4.98 Å². The van der Waals surface area contributed by atoms with E-state index in [1.54, 1.807) is 24.5 Å². The van der Waals surface area contributed by atoms with Crippen molar-refractivity contribution in [1.29, 1.82) is 0 Å². The van der Waals surface area contributed by atoms with Gasteiger partial charge in [-0.1, -0.05) is 36.4 Å². The Morgan fingerprint density at radius 1 is 0.895 bits per heavy atom. The first-order chi connectivity index (χ1) is 9.36. The van der Waals surface area contributed by atoms with Gasteiger partial charge >= 0.3 is 5.63 Å². The van der Waals surface area contributed by atoms with Crippen molar-refractivity contribution in [3.63, 3.8) is 0 Å². The maximum Gasteiger partial charge on any atom is 0.344 e. The van der Waals surface area contributed by atoms with Gasteiger partial charge in [0.05, 0.1) is 11.8 Å². The van der Waals surface area contributed by atoms with Crippen molar-refractivity contribution in [3.8, 4) is 22.3 Å². The Bertz CT molecular complexity index is 733. The standard InChI is InChI=1S/C16H11NO2/c18-16-15(13-7-4-9-17-11-13)14(8-10-19-16)12-5-2-1-3-6-12/h1-11H. The summed E-state index contributed by atoms with van der Waals surface area (Å²) < 4.78 is 4.99. The molecule has 0 atom stereocenters. The summed E-state index contributed by atoms with van der Waals surface area (Å²) in [6.07, 6.45) is 4.76. The molecule has 0 saturated carbocycles. The molecule has 0 aliphatic carbocycles. The summed E-state index contributed by atoms with van der Waals surface area (Å²) >= 11 is 0. The van der Waals surface area contributed by atoms with Crippen LogP contribution in [0.3, 0.4) is 0 Å². The van der Waals surface area contributed by atoms with Gasteiger partial charge in [-0.25, -0.2) is 4.79 Å². The largest absolute Gasteiger partial charge is 0.431 e. The molecule has 0 fully saturated rings. The predicted molar refractivity (Wildman–Crippen MR) is 73.6 cm³/mol. The highest BCUT2D eigenvalue weighted by Gasteiger charge is 2.12. The molecule has 1 aromatic carbocycles. The molecule has 2 heterocycles. The lowest BCUT2D eigenvalue weighted by Crippen LogP contribution is -2.04. The highest BCUT2D eigenvalue weighted by Crippen LogP contribution is 2.28. The zero-order valence-electron chi connectivity index (χ0n) is 10.1. The summed E-state index contributed by atoms with van der Waals surface area (Å²) in [5.41, 5.74) is 2.78. The van der Waals surface area contributed by atoms with Crippen LogP contribution in [0.4, 0.5) is 0 Å². The van der Waals surface area contributed by atoms with Crippen molar-refractivity contribution < 1.29 is 4.42 Å². The molecule has 3 aromatic rings. The van der Waals surface area contributed by atoms with Gasteiger partial charge in [0, 0.05) is 18.0 Å². The Balaban J connectivity index is 2.28. The third-order valence-electron chi connectivity index (χ3n) is 2.92. The SMILES string of the molecule is O=c1occc(-c2ccccc2)c1-c1cccnc1. The molecule has 0 bridgehead atoms. The van der Waals surface area contributed by atoms with E-state index in [4.69, 9.17) is 4.42 Å². The minimum atomic E-state index is -0.352. The fourth-order valence-corrected chi connectivity index (χ4v) is 2.06. The minimum absolute atomic E-state index is 0.352. The summed E-state index contributed by atoms with van der Waals surface area (Å²) in [5, 5.41) is 0. The van der Waals surface area contributed by atoms with Gasteiger partial charge in [-0.2, -0.15) is 0 Å². The smallest absolute Gasteiger partial charge is 0.344 e. The molecule has 0 aliphatic heterocycles. The molecule has 0 radical (unpaired) electrons. The van der Waals surface area contributed by atoms with Crippen LogP contribution in [-0.4, -0.2) is 4.98 Å². The molecule has 3 heteroatoms. The minimum Gasteiger partial charge on any atom is -0.431 e. The Morgan fingerprint density at radius 2 is 1.68 bits per heavy atom. The molecule has 0 N–H and O–H groups in total. The number of aromatic nitrogens is 1. The fraction of sp³-hybridized carbons (Fsp3) is 0. The number of hydrogen-bond donors (Lipinski definition) is 0. The van der Waals surface area contributed by atoms with Crippen LogP contribution < -0.4 is 5.63 Å². The van der Waals surface area contributed by atoms with Gasteiger partial charge in [0.1, 0.15) is 0 Å². The van der Waals surface area contributed by atoms with Gasteiger partial charge in [0.2, 0.25) is 0 Å². The number of nitrogens with zero attached hydrogens (tertiary/aromatic N) is 1.